The molecule has 0 N–H and O–H groups in total. The van der Waals surface area contributed by atoms with Gasteiger partial charge in [0.15, 0.2) is 5.76 Å². The maximum absolute atomic E-state index is 12.6. The number of benzene rings is 1. The number of aryl methyl sites for hydroxylation is 2. The van der Waals surface area contributed by atoms with E-state index in [4.69, 9.17) is 9.47 Å². The van der Waals surface area contributed by atoms with Gasteiger partial charge >= 0.3 is 5.97 Å². The Kier molecular flexibility index (Phi) is 7.79. The standard InChI is InChI=1S/C27H37N3O3/c1-11-27(8,9)25(31)33-19(4)32-24(23-17(2)18(3)29-30(23)10)22(16-28)20-12-14-21(15-13-20)26(5,6)7/h12-15,19H,11H2,1-10H3/b24-22-. The summed E-state index contributed by atoms with van der Waals surface area (Å²) in [5.41, 5.74) is 4.06. The molecule has 0 saturated heterocycles. The Balaban J connectivity index is 2.59. The molecule has 1 aromatic carbocycles. The summed E-state index contributed by atoms with van der Waals surface area (Å²) in [5, 5.41) is 14.7. The number of hydrogen-bond acceptors (Lipinski definition) is 5. The molecular formula is C27H37N3O3. The SMILES string of the molecule is CCC(C)(C)C(=O)OC(C)O/C(=C(/C#N)c1ccc(C(C)(C)C)cc1)c1c(C)c(C)nn1C. The number of ether oxygens (including phenoxy) is 2. The molecule has 1 unspecified atom stereocenters. The lowest BCUT2D eigenvalue weighted by molar-refractivity contribution is -0.174. The highest BCUT2D eigenvalue weighted by atomic mass is 16.7. The fourth-order valence-corrected chi connectivity index (χ4v) is 3.34. The van der Waals surface area contributed by atoms with Gasteiger partial charge in [0.05, 0.1) is 11.1 Å². The molecule has 0 aliphatic carbocycles. The molecule has 0 saturated carbocycles. The third-order valence-electron chi connectivity index (χ3n) is 6.11. The van der Waals surface area contributed by atoms with Crippen LogP contribution in [0.1, 0.15) is 83.0 Å². The van der Waals surface area contributed by atoms with E-state index in [0.29, 0.717) is 23.4 Å². The predicted molar refractivity (Wildman–Crippen MR) is 131 cm³/mol. The van der Waals surface area contributed by atoms with Crippen molar-refractivity contribution in [3.8, 4) is 6.07 Å². The van der Waals surface area contributed by atoms with Gasteiger partial charge in [-0.3, -0.25) is 9.48 Å². The molecule has 1 heterocycles. The molecule has 0 aliphatic heterocycles. The number of hydrogen-bond donors (Lipinski definition) is 0. The molecule has 0 aliphatic rings. The number of allylic oxidation sites excluding steroid dienone is 1. The predicted octanol–water partition coefficient (Wildman–Crippen LogP) is 6.07. The maximum atomic E-state index is 12.6. The lowest BCUT2D eigenvalue weighted by atomic mass is 9.86. The fraction of sp³-hybridized carbons (Fsp3) is 0.519. The number of nitriles is 1. The zero-order valence-corrected chi connectivity index (χ0v) is 21.7. The molecule has 0 amide bonds. The van der Waals surface area contributed by atoms with E-state index in [1.807, 2.05) is 65.9 Å². The summed E-state index contributed by atoms with van der Waals surface area (Å²) >= 11 is 0. The van der Waals surface area contributed by atoms with E-state index in [2.05, 4.69) is 31.9 Å². The second-order valence-corrected chi connectivity index (χ2v) is 10.2. The summed E-state index contributed by atoms with van der Waals surface area (Å²) < 4.78 is 13.5. The summed E-state index contributed by atoms with van der Waals surface area (Å²) in [6, 6.07) is 10.2. The number of esters is 1. The molecule has 2 rings (SSSR count). The molecule has 6 heteroatoms. The number of carbonyl (C=O) groups is 1. The molecule has 33 heavy (non-hydrogen) atoms. The van der Waals surface area contributed by atoms with E-state index in [0.717, 1.165) is 16.8 Å². The Hall–Kier alpha value is -3.07. The van der Waals surface area contributed by atoms with Crippen molar-refractivity contribution < 1.29 is 14.3 Å². The van der Waals surface area contributed by atoms with Gasteiger partial charge < -0.3 is 9.47 Å². The van der Waals surface area contributed by atoms with Gasteiger partial charge in [-0.15, -0.1) is 0 Å². The number of rotatable bonds is 7. The van der Waals surface area contributed by atoms with Crippen molar-refractivity contribution >= 4 is 17.3 Å². The van der Waals surface area contributed by atoms with Crippen molar-refractivity contribution in [2.24, 2.45) is 12.5 Å². The quantitative estimate of drug-likeness (QED) is 0.221. The van der Waals surface area contributed by atoms with Crippen LogP contribution in [0.4, 0.5) is 0 Å². The first-order chi connectivity index (χ1) is 15.2. The lowest BCUT2D eigenvalue weighted by Crippen LogP contribution is -2.30. The van der Waals surface area contributed by atoms with Crippen molar-refractivity contribution in [2.75, 3.05) is 0 Å². The Labute approximate surface area is 198 Å². The molecule has 0 spiro atoms. The maximum Gasteiger partial charge on any atom is 0.314 e. The first-order valence-corrected chi connectivity index (χ1v) is 11.4. The van der Waals surface area contributed by atoms with E-state index in [1.54, 1.807) is 11.6 Å². The Morgan fingerprint density at radius 2 is 1.70 bits per heavy atom. The second kappa shape index (κ2) is 9.82. The minimum absolute atomic E-state index is 0.00108. The highest BCUT2D eigenvalue weighted by Gasteiger charge is 2.30. The van der Waals surface area contributed by atoms with Crippen LogP contribution in [-0.4, -0.2) is 22.0 Å². The van der Waals surface area contributed by atoms with E-state index >= 15 is 0 Å². The smallest absolute Gasteiger partial charge is 0.314 e. The van der Waals surface area contributed by atoms with Crippen molar-refractivity contribution in [3.63, 3.8) is 0 Å². The van der Waals surface area contributed by atoms with Crippen LogP contribution in [0.2, 0.25) is 0 Å². The monoisotopic (exact) mass is 451 g/mol. The number of nitrogens with zero attached hydrogens (tertiary/aromatic N) is 3. The molecular weight excluding hydrogens is 414 g/mol. The Morgan fingerprint density at radius 3 is 2.12 bits per heavy atom. The number of aromatic nitrogens is 2. The van der Waals surface area contributed by atoms with Crippen LogP contribution in [0.5, 0.6) is 0 Å². The third-order valence-corrected chi connectivity index (χ3v) is 6.11. The molecule has 1 atom stereocenters. The molecule has 1 aromatic heterocycles. The summed E-state index contributed by atoms with van der Waals surface area (Å²) in [7, 11) is 1.81. The average Bonchev–Trinajstić information content (AvgIpc) is 2.98. The lowest BCUT2D eigenvalue weighted by Gasteiger charge is -2.25. The van der Waals surface area contributed by atoms with E-state index in [1.165, 1.54) is 5.56 Å². The second-order valence-electron chi connectivity index (χ2n) is 10.2. The first kappa shape index (κ1) is 26.2. The van der Waals surface area contributed by atoms with Gasteiger partial charge in [-0.25, -0.2) is 0 Å². The highest BCUT2D eigenvalue weighted by Crippen LogP contribution is 2.33. The molecule has 2 aromatic rings. The minimum atomic E-state index is -0.884. The largest absolute Gasteiger partial charge is 0.451 e. The van der Waals surface area contributed by atoms with Crippen LogP contribution in [-0.2, 0) is 26.7 Å². The van der Waals surface area contributed by atoms with Crippen LogP contribution >= 0.6 is 0 Å². The fourth-order valence-electron chi connectivity index (χ4n) is 3.34. The van der Waals surface area contributed by atoms with Crippen molar-refractivity contribution in [3.05, 3.63) is 52.3 Å². The number of carbonyl (C=O) groups excluding carboxylic acids is 1. The van der Waals surface area contributed by atoms with Crippen LogP contribution in [0.15, 0.2) is 24.3 Å². The normalized spacial score (nSPS) is 13.7. The Morgan fingerprint density at radius 1 is 1.12 bits per heavy atom. The van der Waals surface area contributed by atoms with Gasteiger partial charge in [0.25, 0.3) is 0 Å². The highest BCUT2D eigenvalue weighted by molar-refractivity contribution is 5.94. The minimum Gasteiger partial charge on any atom is -0.451 e. The van der Waals surface area contributed by atoms with Gasteiger partial charge in [0.1, 0.15) is 17.3 Å². The van der Waals surface area contributed by atoms with Crippen LogP contribution in [0.3, 0.4) is 0 Å². The molecule has 6 nitrogen and oxygen atoms in total. The summed E-state index contributed by atoms with van der Waals surface area (Å²) in [4.78, 5) is 12.6. The van der Waals surface area contributed by atoms with Crippen molar-refractivity contribution in [2.45, 2.75) is 80.4 Å². The summed E-state index contributed by atoms with van der Waals surface area (Å²) in [5.74, 6) is -0.000917. The van der Waals surface area contributed by atoms with Crippen molar-refractivity contribution in [1.82, 2.24) is 9.78 Å². The van der Waals surface area contributed by atoms with Crippen LogP contribution in [0.25, 0.3) is 11.3 Å². The van der Waals surface area contributed by atoms with Crippen molar-refractivity contribution in [1.29, 1.82) is 5.26 Å². The zero-order chi connectivity index (χ0) is 25.1. The van der Waals surface area contributed by atoms with Gasteiger partial charge in [-0.2, -0.15) is 10.4 Å². The van der Waals surface area contributed by atoms with Crippen LogP contribution < -0.4 is 0 Å². The summed E-state index contributed by atoms with van der Waals surface area (Å²) in [6.07, 6.45) is -0.240. The molecule has 0 bridgehead atoms. The van der Waals surface area contributed by atoms with Gasteiger partial charge in [-0.1, -0.05) is 52.0 Å². The van der Waals surface area contributed by atoms with Gasteiger partial charge in [0.2, 0.25) is 6.29 Å². The zero-order valence-electron chi connectivity index (χ0n) is 21.7. The molecule has 178 valence electrons. The Bertz CT molecular complexity index is 1080. The van der Waals surface area contributed by atoms with E-state index in [-0.39, 0.29) is 11.4 Å². The van der Waals surface area contributed by atoms with Gasteiger partial charge in [0, 0.05) is 19.5 Å². The summed E-state index contributed by atoms with van der Waals surface area (Å²) in [6.45, 7) is 17.6. The first-order valence-electron chi connectivity index (χ1n) is 11.4. The average molecular weight is 452 g/mol. The molecule has 0 fully saturated rings. The molecule has 0 radical (unpaired) electrons. The van der Waals surface area contributed by atoms with E-state index in [9.17, 15) is 10.1 Å². The topological polar surface area (TPSA) is 77.1 Å². The van der Waals surface area contributed by atoms with Gasteiger partial charge in [-0.05, 0) is 50.7 Å². The van der Waals surface area contributed by atoms with E-state index < -0.39 is 11.7 Å². The third kappa shape index (κ3) is 5.84. The van der Waals surface area contributed by atoms with Crippen LogP contribution in [0, 0.1) is 30.6 Å².